The van der Waals surface area contributed by atoms with Crippen molar-refractivity contribution >= 4 is 54.4 Å². The van der Waals surface area contributed by atoms with Crippen LogP contribution in [0.3, 0.4) is 0 Å². The minimum Gasteiger partial charge on any atom is -0.369 e. The van der Waals surface area contributed by atoms with E-state index in [0.717, 1.165) is 0 Å². The molecule has 2 N–H and O–H groups in total. The third-order valence-corrected chi connectivity index (χ3v) is 4.79. The topological polar surface area (TPSA) is 76.3 Å². The van der Waals surface area contributed by atoms with E-state index in [1.165, 1.54) is 28.4 Å². The molecule has 20 heavy (non-hydrogen) atoms. The van der Waals surface area contributed by atoms with Crippen LogP contribution in [0.25, 0.3) is 10.2 Å². The zero-order chi connectivity index (χ0) is 14.4. The van der Waals surface area contributed by atoms with Gasteiger partial charge in [-0.15, -0.1) is 0 Å². The second-order valence-corrected chi connectivity index (χ2v) is 6.40. The summed E-state index contributed by atoms with van der Waals surface area (Å²) < 4.78 is 14.5. The molecule has 1 fully saturated rings. The van der Waals surface area contributed by atoms with Crippen molar-refractivity contribution in [3.05, 3.63) is 22.4 Å². The minimum atomic E-state index is -0.491. The highest BCUT2D eigenvalue weighted by molar-refractivity contribution is 9.10. The van der Waals surface area contributed by atoms with Crippen LogP contribution in [0.1, 0.15) is 6.42 Å². The quantitative estimate of drug-likeness (QED) is 0.893. The van der Waals surface area contributed by atoms with Crippen LogP contribution < -0.4 is 10.6 Å². The van der Waals surface area contributed by atoms with Crippen molar-refractivity contribution < 1.29 is 14.0 Å². The number of carbonyl (C=O) groups is 2. The average Bonchev–Trinajstić information content (AvgIpc) is 2.92. The van der Waals surface area contributed by atoms with Gasteiger partial charge >= 0.3 is 0 Å². The summed E-state index contributed by atoms with van der Waals surface area (Å²) in [6, 6.07) is 2.69. The zero-order valence-electron chi connectivity index (χ0n) is 10.1. The Morgan fingerprint density at radius 1 is 1.55 bits per heavy atom. The number of amides is 2. The number of rotatable bonds is 2. The lowest BCUT2D eigenvalue weighted by atomic mass is 10.1. The number of benzene rings is 1. The van der Waals surface area contributed by atoms with Gasteiger partial charge in [0.25, 0.3) is 0 Å². The van der Waals surface area contributed by atoms with Crippen molar-refractivity contribution in [2.45, 2.75) is 6.42 Å². The van der Waals surface area contributed by atoms with E-state index in [1.807, 2.05) is 0 Å². The Bertz CT molecular complexity index is 733. The van der Waals surface area contributed by atoms with Crippen LogP contribution in [0.15, 0.2) is 16.6 Å². The summed E-state index contributed by atoms with van der Waals surface area (Å²) in [5.41, 5.74) is 5.83. The van der Waals surface area contributed by atoms with Crippen molar-refractivity contribution in [1.82, 2.24) is 4.98 Å². The second-order valence-electron chi connectivity index (χ2n) is 4.54. The maximum atomic E-state index is 13.3. The number of anilines is 1. The van der Waals surface area contributed by atoms with Crippen molar-refractivity contribution in [1.29, 1.82) is 0 Å². The van der Waals surface area contributed by atoms with Gasteiger partial charge in [-0.25, -0.2) is 9.37 Å². The summed E-state index contributed by atoms with van der Waals surface area (Å²) in [4.78, 5) is 28.9. The fraction of sp³-hybridized carbons (Fsp3) is 0.250. The zero-order valence-corrected chi connectivity index (χ0v) is 12.5. The lowest BCUT2D eigenvalue weighted by molar-refractivity contribution is -0.123. The summed E-state index contributed by atoms with van der Waals surface area (Å²) in [5, 5.41) is 0.458. The van der Waals surface area contributed by atoms with E-state index in [2.05, 4.69) is 20.9 Å². The molecule has 1 atom stereocenters. The minimum absolute atomic E-state index is 0.0980. The number of nitrogens with two attached hydrogens (primary N) is 1. The highest BCUT2D eigenvalue weighted by Crippen LogP contribution is 2.36. The van der Waals surface area contributed by atoms with Crippen LogP contribution in [0.2, 0.25) is 0 Å². The lowest BCUT2D eigenvalue weighted by Gasteiger charge is -2.11. The van der Waals surface area contributed by atoms with E-state index in [0.29, 0.717) is 19.8 Å². The number of halogens is 2. The molecule has 2 heterocycles. The molecule has 0 spiro atoms. The molecule has 104 valence electrons. The number of nitrogens with zero attached hydrogens (tertiary/aromatic N) is 2. The number of hydrogen-bond donors (Lipinski definition) is 1. The van der Waals surface area contributed by atoms with Crippen molar-refractivity contribution in [2.24, 2.45) is 11.7 Å². The van der Waals surface area contributed by atoms with Crippen LogP contribution in [-0.2, 0) is 9.59 Å². The Balaban J connectivity index is 2.01. The molecule has 1 saturated heterocycles. The molecule has 8 heteroatoms. The first-order chi connectivity index (χ1) is 9.45. The van der Waals surface area contributed by atoms with E-state index >= 15 is 0 Å². The van der Waals surface area contributed by atoms with Crippen LogP contribution in [-0.4, -0.2) is 23.3 Å². The first kappa shape index (κ1) is 13.4. The van der Waals surface area contributed by atoms with E-state index in [1.54, 1.807) is 0 Å². The average molecular weight is 358 g/mol. The van der Waals surface area contributed by atoms with Crippen LogP contribution >= 0.6 is 27.3 Å². The first-order valence-corrected chi connectivity index (χ1v) is 7.42. The number of primary amides is 1. The fourth-order valence-electron chi connectivity index (χ4n) is 2.14. The van der Waals surface area contributed by atoms with Gasteiger partial charge in [0.05, 0.1) is 16.1 Å². The van der Waals surface area contributed by atoms with Gasteiger partial charge in [0, 0.05) is 17.4 Å². The van der Waals surface area contributed by atoms with Crippen molar-refractivity contribution in [3.8, 4) is 0 Å². The molecule has 0 saturated carbocycles. The van der Waals surface area contributed by atoms with Crippen LogP contribution in [0, 0.1) is 11.7 Å². The number of aromatic nitrogens is 1. The van der Waals surface area contributed by atoms with Gasteiger partial charge in [-0.1, -0.05) is 11.3 Å². The van der Waals surface area contributed by atoms with E-state index in [-0.39, 0.29) is 24.7 Å². The Kier molecular flexibility index (Phi) is 3.21. The fourth-order valence-corrected chi connectivity index (χ4v) is 3.84. The second kappa shape index (κ2) is 4.78. The molecule has 2 aromatic rings. The highest BCUT2D eigenvalue weighted by atomic mass is 79.9. The predicted molar refractivity (Wildman–Crippen MR) is 76.9 cm³/mol. The number of hydrogen-bond acceptors (Lipinski definition) is 4. The van der Waals surface area contributed by atoms with Crippen molar-refractivity contribution in [3.63, 3.8) is 0 Å². The highest BCUT2D eigenvalue weighted by Gasteiger charge is 2.35. The molecule has 1 aliphatic rings. The van der Waals surface area contributed by atoms with Gasteiger partial charge in [-0.2, -0.15) is 0 Å². The third kappa shape index (κ3) is 2.18. The first-order valence-electron chi connectivity index (χ1n) is 5.81. The molecule has 1 aromatic carbocycles. The largest absolute Gasteiger partial charge is 0.369 e. The predicted octanol–water partition coefficient (Wildman–Crippen LogP) is 2.04. The van der Waals surface area contributed by atoms with E-state index in [4.69, 9.17) is 5.73 Å². The summed E-state index contributed by atoms with van der Waals surface area (Å²) in [6.07, 6.45) is 0.0980. The smallest absolute Gasteiger partial charge is 0.229 e. The Hall–Kier alpha value is -1.54. The molecule has 3 rings (SSSR count). The molecule has 1 aromatic heterocycles. The van der Waals surface area contributed by atoms with E-state index < -0.39 is 11.8 Å². The molecular formula is C12H9BrFN3O2S. The van der Waals surface area contributed by atoms with E-state index in [9.17, 15) is 14.0 Å². The monoisotopic (exact) mass is 357 g/mol. The van der Waals surface area contributed by atoms with Gasteiger partial charge in [-0.3, -0.25) is 14.5 Å². The van der Waals surface area contributed by atoms with Gasteiger partial charge in [-0.05, 0) is 28.1 Å². The Morgan fingerprint density at radius 3 is 2.95 bits per heavy atom. The summed E-state index contributed by atoms with van der Waals surface area (Å²) in [5.74, 6) is -1.55. The molecule has 1 aliphatic heterocycles. The maximum Gasteiger partial charge on any atom is 0.229 e. The molecule has 0 radical (unpaired) electrons. The van der Waals surface area contributed by atoms with Gasteiger partial charge in [0.1, 0.15) is 5.82 Å². The molecule has 0 aliphatic carbocycles. The normalized spacial score (nSPS) is 19.0. The van der Waals surface area contributed by atoms with Gasteiger partial charge in [0.15, 0.2) is 5.13 Å². The number of thiazole rings is 1. The lowest BCUT2D eigenvalue weighted by Crippen LogP contribution is -2.28. The third-order valence-electron chi connectivity index (χ3n) is 3.16. The SMILES string of the molecule is NC(=O)C1CC(=O)N(c2nc3c(Br)cc(F)cc3s2)C1. The summed E-state index contributed by atoms with van der Waals surface area (Å²) in [7, 11) is 0. The number of fused-ring (bicyclic) bond motifs is 1. The number of carbonyl (C=O) groups excluding carboxylic acids is 2. The molecule has 2 amide bonds. The molecule has 5 nitrogen and oxygen atoms in total. The molecule has 1 unspecified atom stereocenters. The standard InChI is InChI=1S/C12H9BrFN3O2S/c13-7-2-6(14)3-8-10(7)16-12(20-8)17-4-5(11(15)19)1-9(17)18/h2-3,5H,1,4H2,(H2,15,19). The molecule has 0 bridgehead atoms. The molecular weight excluding hydrogens is 349 g/mol. The van der Waals surface area contributed by atoms with Crippen molar-refractivity contribution in [2.75, 3.05) is 11.4 Å². The Labute approximate surface area is 125 Å². The Morgan fingerprint density at radius 2 is 2.30 bits per heavy atom. The van der Waals surface area contributed by atoms with Gasteiger partial charge in [0.2, 0.25) is 11.8 Å². The summed E-state index contributed by atoms with van der Waals surface area (Å²) >= 11 is 4.46. The maximum absolute atomic E-state index is 13.3. The van der Waals surface area contributed by atoms with Gasteiger partial charge < -0.3 is 5.73 Å². The van der Waals surface area contributed by atoms with Crippen LogP contribution in [0.5, 0.6) is 0 Å². The summed E-state index contributed by atoms with van der Waals surface area (Å²) in [6.45, 7) is 0.230. The van der Waals surface area contributed by atoms with Crippen LogP contribution in [0.4, 0.5) is 9.52 Å².